The molecule has 0 aliphatic rings. The number of carboxylic acid groups (broad SMARTS) is 1. The standard InChI is InChI=1S/C14H11Cl2F2N3O4/c1-2-7(14(22)23)11-10(21(24)25)5-19-20(11)12-8(15)3-6(13(17)18)4-9(12)16/h3-5,7,13H,2H2,1H3,(H,22,23). The van der Waals surface area contributed by atoms with Crippen molar-refractivity contribution >= 4 is 34.9 Å². The molecule has 0 bridgehead atoms. The number of rotatable bonds is 6. The smallest absolute Gasteiger partial charge is 0.312 e. The van der Waals surface area contributed by atoms with Gasteiger partial charge in [-0.2, -0.15) is 5.10 Å². The van der Waals surface area contributed by atoms with Crippen LogP contribution < -0.4 is 0 Å². The van der Waals surface area contributed by atoms with E-state index in [4.69, 9.17) is 23.2 Å². The first-order chi connectivity index (χ1) is 11.7. The summed E-state index contributed by atoms with van der Waals surface area (Å²) in [7, 11) is 0. The molecule has 1 unspecified atom stereocenters. The third-order valence-corrected chi connectivity index (χ3v) is 4.10. The van der Waals surface area contributed by atoms with Crippen LogP contribution in [-0.4, -0.2) is 25.8 Å². The lowest BCUT2D eigenvalue weighted by molar-refractivity contribution is -0.385. The molecule has 0 saturated carbocycles. The molecule has 0 aliphatic carbocycles. The molecule has 1 N–H and O–H groups in total. The number of alkyl halides is 2. The molecule has 7 nitrogen and oxygen atoms in total. The number of aliphatic carboxylic acids is 1. The van der Waals surface area contributed by atoms with E-state index in [0.717, 1.165) is 23.0 Å². The molecule has 1 atom stereocenters. The van der Waals surface area contributed by atoms with Crippen molar-refractivity contribution in [1.82, 2.24) is 9.78 Å². The largest absolute Gasteiger partial charge is 0.481 e. The van der Waals surface area contributed by atoms with Gasteiger partial charge in [-0.3, -0.25) is 14.9 Å². The Labute approximate surface area is 149 Å². The van der Waals surface area contributed by atoms with Crippen LogP contribution in [0.25, 0.3) is 5.69 Å². The molecule has 25 heavy (non-hydrogen) atoms. The van der Waals surface area contributed by atoms with E-state index in [1.165, 1.54) is 6.92 Å². The summed E-state index contributed by atoms with van der Waals surface area (Å²) in [6, 6.07) is 1.90. The Balaban J connectivity index is 2.77. The lowest BCUT2D eigenvalue weighted by Gasteiger charge is -2.15. The number of carbonyl (C=O) groups is 1. The van der Waals surface area contributed by atoms with Gasteiger partial charge in [-0.05, 0) is 18.6 Å². The summed E-state index contributed by atoms with van der Waals surface area (Å²) < 4.78 is 26.6. The third-order valence-electron chi connectivity index (χ3n) is 3.52. The normalized spacial score (nSPS) is 12.4. The van der Waals surface area contributed by atoms with Crippen LogP contribution in [0.5, 0.6) is 0 Å². The van der Waals surface area contributed by atoms with Crippen LogP contribution in [0.15, 0.2) is 18.3 Å². The maximum Gasteiger partial charge on any atom is 0.312 e. The Hall–Kier alpha value is -2.26. The van der Waals surface area contributed by atoms with Gasteiger partial charge in [0.2, 0.25) is 0 Å². The van der Waals surface area contributed by atoms with Crippen LogP contribution in [0.1, 0.15) is 36.9 Å². The van der Waals surface area contributed by atoms with Crippen molar-refractivity contribution in [2.75, 3.05) is 0 Å². The summed E-state index contributed by atoms with van der Waals surface area (Å²) in [5, 5.41) is 23.9. The second kappa shape index (κ2) is 7.32. The highest BCUT2D eigenvalue weighted by Gasteiger charge is 2.33. The van der Waals surface area contributed by atoms with Crippen LogP contribution in [-0.2, 0) is 4.79 Å². The molecular formula is C14H11Cl2F2N3O4. The summed E-state index contributed by atoms with van der Waals surface area (Å²) in [6.07, 6.45) is -1.92. The van der Waals surface area contributed by atoms with Gasteiger partial charge in [0.15, 0.2) is 0 Å². The highest BCUT2D eigenvalue weighted by molar-refractivity contribution is 6.37. The summed E-state index contributed by atoms with van der Waals surface area (Å²) in [4.78, 5) is 21.9. The van der Waals surface area contributed by atoms with Crippen molar-refractivity contribution in [2.24, 2.45) is 0 Å². The van der Waals surface area contributed by atoms with E-state index in [9.17, 15) is 28.8 Å². The molecule has 2 rings (SSSR count). The minimum absolute atomic E-state index is 0.0340. The molecular weight excluding hydrogens is 383 g/mol. The molecule has 1 heterocycles. The van der Waals surface area contributed by atoms with Gasteiger partial charge in [0.25, 0.3) is 6.43 Å². The molecule has 1 aromatic carbocycles. The Kier molecular flexibility index (Phi) is 5.58. The summed E-state index contributed by atoms with van der Waals surface area (Å²) in [5.41, 5.74) is -1.31. The van der Waals surface area contributed by atoms with Crippen LogP contribution in [0.3, 0.4) is 0 Å². The zero-order chi connectivity index (χ0) is 18.9. The van der Waals surface area contributed by atoms with E-state index in [0.29, 0.717) is 0 Å². The van der Waals surface area contributed by atoms with Gasteiger partial charge in [-0.25, -0.2) is 13.5 Å². The number of carboxylic acids is 1. The zero-order valence-electron chi connectivity index (χ0n) is 12.6. The maximum absolute atomic E-state index is 12.8. The fourth-order valence-corrected chi connectivity index (χ4v) is 3.06. The van der Waals surface area contributed by atoms with Gasteiger partial charge in [0, 0.05) is 5.56 Å². The van der Waals surface area contributed by atoms with E-state index in [2.05, 4.69) is 5.10 Å². The highest BCUT2D eigenvalue weighted by atomic mass is 35.5. The predicted molar refractivity (Wildman–Crippen MR) is 85.9 cm³/mol. The average Bonchev–Trinajstić information content (AvgIpc) is 2.91. The molecule has 0 spiro atoms. The Morgan fingerprint density at radius 1 is 1.40 bits per heavy atom. The molecule has 0 saturated heterocycles. The summed E-state index contributed by atoms with van der Waals surface area (Å²) >= 11 is 12.0. The van der Waals surface area contributed by atoms with Crippen molar-refractivity contribution in [3.8, 4) is 5.69 Å². The van der Waals surface area contributed by atoms with Gasteiger partial charge >= 0.3 is 11.7 Å². The first-order valence-electron chi connectivity index (χ1n) is 6.91. The predicted octanol–water partition coefficient (Wildman–Crippen LogP) is 4.60. The van der Waals surface area contributed by atoms with Gasteiger partial charge in [-0.15, -0.1) is 0 Å². The quantitative estimate of drug-likeness (QED) is 0.570. The Bertz CT molecular complexity index is 818. The average molecular weight is 394 g/mol. The number of hydrogen-bond acceptors (Lipinski definition) is 4. The zero-order valence-corrected chi connectivity index (χ0v) is 14.1. The minimum atomic E-state index is -2.82. The maximum atomic E-state index is 12.8. The van der Waals surface area contributed by atoms with Crippen LogP contribution in [0, 0.1) is 10.1 Å². The lowest BCUT2D eigenvalue weighted by Crippen LogP contribution is -2.17. The molecule has 11 heteroatoms. The highest BCUT2D eigenvalue weighted by Crippen LogP contribution is 2.38. The van der Waals surface area contributed by atoms with Gasteiger partial charge in [-0.1, -0.05) is 30.1 Å². The first-order valence-corrected chi connectivity index (χ1v) is 7.67. The number of hydrogen-bond donors (Lipinski definition) is 1. The molecule has 1 aromatic heterocycles. The fraction of sp³-hybridized carbons (Fsp3) is 0.286. The SMILES string of the molecule is CCC(C(=O)O)c1c([N+](=O)[O-])cnn1-c1c(Cl)cc(C(F)F)cc1Cl. The molecule has 0 fully saturated rings. The number of benzene rings is 1. The number of nitro groups is 1. The van der Waals surface area contributed by atoms with E-state index < -0.39 is 34.5 Å². The molecule has 2 aromatic rings. The first kappa shape index (κ1) is 19.1. The number of halogens is 4. The molecule has 134 valence electrons. The van der Waals surface area contributed by atoms with Crippen LogP contribution in [0.2, 0.25) is 10.0 Å². The van der Waals surface area contributed by atoms with E-state index in [-0.39, 0.29) is 27.8 Å². The van der Waals surface area contributed by atoms with Crippen molar-refractivity contribution in [1.29, 1.82) is 0 Å². The summed E-state index contributed by atoms with van der Waals surface area (Å²) in [6.45, 7) is 1.53. The van der Waals surface area contributed by atoms with Gasteiger partial charge < -0.3 is 5.11 Å². The topological polar surface area (TPSA) is 98.3 Å². The third kappa shape index (κ3) is 3.57. The molecule has 0 radical (unpaired) electrons. The van der Waals surface area contributed by atoms with Gasteiger partial charge in [0.05, 0.1) is 15.0 Å². The van der Waals surface area contributed by atoms with Crippen molar-refractivity contribution < 1.29 is 23.6 Å². The lowest BCUT2D eigenvalue weighted by atomic mass is 10.0. The van der Waals surface area contributed by atoms with E-state index >= 15 is 0 Å². The minimum Gasteiger partial charge on any atom is -0.481 e. The molecule has 0 aliphatic heterocycles. The van der Waals surface area contributed by atoms with E-state index in [1.807, 2.05) is 0 Å². The summed E-state index contributed by atoms with van der Waals surface area (Å²) in [5.74, 6) is -2.56. The monoisotopic (exact) mass is 393 g/mol. The fourth-order valence-electron chi connectivity index (χ4n) is 2.39. The second-order valence-corrected chi connectivity index (χ2v) is 5.83. The number of aromatic nitrogens is 2. The van der Waals surface area contributed by atoms with Crippen molar-refractivity contribution in [3.63, 3.8) is 0 Å². The number of nitrogens with zero attached hydrogens (tertiary/aromatic N) is 3. The second-order valence-electron chi connectivity index (χ2n) is 5.02. The van der Waals surface area contributed by atoms with E-state index in [1.54, 1.807) is 0 Å². The van der Waals surface area contributed by atoms with Crippen molar-refractivity contribution in [2.45, 2.75) is 25.7 Å². The van der Waals surface area contributed by atoms with Crippen molar-refractivity contribution in [3.05, 3.63) is 49.7 Å². The Morgan fingerprint density at radius 2 is 1.96 bits per heavy atom. The Morgan fingerprint density at radius 3 is 2.36 bits per heavy atom. The van der Waals surface area contributed by atoms with Crippen LogP contribution >= 0.6 is 23.2 Å². The van der Waals surface area contributed by atoms with Crippen LogP contribution in [0.4, 0.5) is 14.5 Å². The molecule has 0 amide bonds. The van der Waals surface area contributed by atoms with Gasteiger partial charge in [0.1, 0.15) is 23.5 Å².